The topological polar surface area (TPSA) is 64.1 Å². The monoisotopic (exact) mass is 314 g/mol. The summed E-state index contributed by atoms with van der Waals surface area (Å²) >= 11 is 0. The lowest BCUT2D eigenvalue weighted by Gasteiger charge is -2.20. The summed E-state index contributed by atoms with van der Waals surface area (Å²) in [6.45, 7) is 7.46. The Labute approximate surface area is 136 Å². The molecular weight excluding hydrogens is 292 g/mol. The largest absolute Gasteiger partial charge is 0.494 e. The molecule has 0 fully saturated rings. The average Bonchev–Trinajstić information content (AvgIpc) is 2.57. The molecule has 0 N–H and O–H groups in total. The van der Waals surface area contributed by atoms with Crippen LogP contribution in [0.2, 0.25) is 0 Å². The van der Waals surface area contributed by atoms with Gasteiger partial charge in [-0.15, -0.1) is 0 Å². The molecule has 0 spiro atoms. The molecular formula is C18H22N2O3. The molecule has 1 unspecified atom stereocenters. The fraction of sp³-hybridized carbons (Fsp3) is 0.389. The lowest BCUT2D eigenvalue weighted by atomic mass is 9.95. The van der Waals surface area contributed by atoms with E-state index in [1.807, 2.05) is 51.1 Å². The highest BCUT2D eigenvalue weighted by molar-refractivity contribution is 6.03. The van der Waals surface area contributed by atoms with Crippen LogP contribution in [0.3, 0.4) is 0 Å². The highest BCUT2D eigenvalue weighted by atomic mass is 16.5. The summed E-state index contributed by atoms with van der Waals surface area (Å²) in [5, 5.41) is 0. The number of ether oxygens (including phenoxy) is 3. The summed E-state index contributed by atoms with van der Waals surface area (Å²) in [7, 11) is 0. The summed E-state index contributed by atoms with van der Waals surface area (Å²) in [5.74, 6) is 1.49. The van der Waals surface area contributed by atoms with Crippen LogP contribution < -0.4 is 4.74 Å². The number of nitrogens with zero attached hydrogens (tertiary/aromatic N) is 2. The molecule has 0 amide bonds. The minimum atomic E-state index is -0.393. The van der Waals surface area contributed by atoms with Crippen molar-refractivity contribution in [2.75, 3.05) is 19.8 Å². The van der Waals surface area contributed by atoms with E-state index in [0.717, 1.165) is 16.9 Å². The Morgan fingerprint density at radius 1 is 1.00 bits per heavy atom. The third kappa shape index (κ3) is 4.09. The number of benzene rings is 1. The summed E-state index contributed by atoms with van der Waals surface area (Å²) in [6.07, 6.45) is 3.24. The average molecular weight is 314 g/mol. The van der Waals surface area contributed by atoms with Crippen LogP contribution in [-0.2, 0) is 9.47 Å². The van der Waals surface area contributed by atoms with E-state index < -0.39 is 6.10 Å². The standard InChI is InChI=1S/C18H22N2O3/c1-4-21-14-9-7-13(8-10-14)15-11-18(23-6-3)16(20-19)12-17(15)22-5-2/h7-12,18H,4-6H2,1-3H3. The van der Waals surface area contributed by atoms with Crippen LogP contribution in [-0.4, -0.2) is 36.4 Å². The lowest BCUT2D eigenvalue weighted by Crippen LogP contribution is -2.26. The summed E-state index contributed by atoms with van der Waals surface area (Å²) in [5.41, 5.74) is 11.5. The molecule has 23 heavy (non-hydrogen) atoms. The second kappa shape index (κ2) is 8.32. The molecule has 1 aliphatic carbocycles. The van der Waals surface area contributed by atoms with Gasteiger partial charge in [0.2, 0.25) is 0 Å². The third-order valence-electron chi connectivity index (χ3n) is 3.39. The maximum absolute atomic E-state index is 9.19. The van der Waals surface area contributed by atoms with Crippen LogP contribution in [0.4, 0.5) is 0 Å². The van der Waals surface area contributed by atoms with Gasteiger partial charge in [-0.25, -0.2) is 0 Å². The predicted octanol–water partition coefficient (Wildman–Crippen LogP) is 3.48. The molecule has 0 heterocycles. The van der Waals surface area contributed by atoms with Crippen molar-refractivity contribution in [3.63, 3.8) is 0 Å². The Balaban J connectivity index is 2.38. The molecule has 122 valence electrons. The van der Waals surface area contributed by atoms with Gasteiger partial charge in [0, 0.05) is 12.2 Å². The molecule has 2 rings (SSSR count). The van der Waals surface area contributed by atoms with E-state index in [1.54, 1.807) is 6.08 Å². The third-order valence-corrected chi connectivity index (χ3v) is 3.39. The van der Waals surface area contributed by atoms with E-state index in [4.69, 9.17) is 14.2 Å². The Bertz CT molecular complexity index is 641. The first-order chi connectivity index (χ1) is 11.2. The molecule has 5 nitrogen and oxygen atoms in total. The number of allylic oxidation sites excluding steroid dienone is 1. The van der Waals surface area contributed by atoms with E-state index >= 15 is 0 Å². The predicted molar refractivity (Wildman–Crippen MR) is 89.3 cm³/mol. The van der Waals surface area contributed by atoms with Crippen molar-refractivity contribution in [2.45, 2.75) is 26.9 Å². The molecule has 5 heteroatoms. The number of hydrogen-bond acceptors (Lipinski definition) is 3. The van der Waals surface area contributed by atoms with Gasteiger partial charge in [-0.1, -0.05) is 12.1 Å². The molecule has 0 saturated carbocycles. The van der Waals surface area contributed by atoms with Crippen molar-refractivity contribution < 1.29 is 19.0 Å². The van der Waals surface area contributed by atoms with Crippen LogP contribution in [0.25, 0.3) is 11.1 Å². The van der Waals surface area contributed by atoms with Crippen molar-refractivity contribution in [1.82, 2.24) is 0 Å². The van der Waals surface area contributed by atoms with Gasteiger partial charge in [0.15, 0.2) is 6.10 Å². The van der Waals surface area contributed by atoms with E-state index in [-0.39, 0.29) is 0 Å². The highest BCUT2D eigenvalue weighted by Crippen LogP contribution is 2.30. The van der Waals surface area contributed by atoms with Gasteiger partial charge in [0.05, 0.1) is 19.3 Å². The normalized spacial score (nSPS) is 17.2. The maximum atomic E-state index is 9.19. The Morgan fingerprint density at radius 2 is 1.70 bits per heavy atom. The van der Waals surface area contributed by atoms with Crippen LogP contribution in [0, 0.1) is 0 Å². The van der Waals surface area contributed by atoms with Crippen molar-refractivity contribution in [1.29, 1.82) is 0 Å². The van der Waals surface area contributed by atoms with Gasteiger partial charge in [0.25, 0.3) is 0 Å². The second-order valence-electron chi connectivity index (χ2n) is 4.88. The molecule has 0 aromatic heterocycles. The SMILES string of the molecule is CCOC1=CC(=[N+]=[N-])C(OCC)C=C1c1ccc(OCC)cc1. The first-order valence-corrected chi connectivity index (χ1v) is 7.86. The zero-order chi connectivity index (χ0) is 16.7. The second-order valence-corrected chi connectivity index (χ2v) is 4.88. The Kier molecular flexibility index (Phi) is 6.15. The molecule has 0 aliphatic heterocycles. The molecule has 1 aromatic carbocycles. The maximum Gasteiger partial charge on any atom is 0.328 e. The van der Waals surface area contributed by atoms with Gasteiger partial charge in [-0.2, -0.15) is 4.79 Å². The minimum absolute atomic E-state index is 0.393. The van der Waals surface area contributed by atoms with Gasteiger partial charge >= 0.3 is 5.71 Å². The van der Waals surface area contributed by atoms with E-state index in [2.05, 4.69) is 4.79 Å². The fourth-order valence-corrected chi connectivity index (χ4v) is 2.42. The van der Waals surface area contributed by atoms with Crippen molar-refractivity contribution >= 4 is 11.3 Å². The zero-order valence-corrected chi connectivity index (χ0v) is 13.8. The smallest absolute Gasteiger partial charge is 0.328 e. The van der Waals surface area contributed by atoms with Crippen LogP contribution in [0.1, 0.15) is 26.3 Å². The Morgan fingerprint density at radius 3 is 2.26 bits per heavy atom. The minimum Gasteiger partial charge on any atom is -0.494 e. The van der Waals surface area contributed by atoms with Gasteiger partial charge in [0.1, 0.15) is 11.5 Å². The molecule has 1 aromatic rings. The summed E-state index contributed by atoms with van der Waals surface area (Å²) in [6, 6.07) is 7.81. The van der Waals surface area contributed by atoms with Gasteiger partial charge in [-0.05, 0) is 44.5 Å². The molecule has 0 bridgehead atoms. The summed E-state index contributed by atoms with van der Waals surface area (Å²) < 4.78 is 16.8. The highest BCUT2D eigenvalue weighted by Gasteiger charge is 2.29. The van der Waals surface area contributed by atoms with Crippen molar-refractivity contribution in [3.05, 3.63) is 53.3 Å². The van der Waals surface area contributed by atoms with E-state index in [9.17, 15) is 5.53 Å². The first-order valence-electron chi connectivity index (χ1n) is 7.86. The zero-order valence-electron chi connectivity index (χ0n) is 13.8. The molecule has 0 saturated heterocycles. The van der Waals surface area contributed by atoms with Crippen LogP contribution in [0.15, 0.2) is 42.2 Å². The van der Waals surface area contributed by atoms with Crippen molar-refractivity contribution in [2.24, 2.45) is 0 Å². The fourth-order valence-electron chi connectivity index (χ4n) is 2.42. The number of rotatable bonds is 7. The van der Waals surface area contributed by atoms with Crippen molar-refractivity contribution in [3.8, 4) is 5.75 Å². The molecule has 1 aliphatic rings. The van der Waals surface area contributed by atoms with E-state index in [0.29, 0.717) is 31.3 Å². The van der Waals surface area contributed by atoms with Crippen LogP contribution >= 0.6 is 0 Å². The van der Waals surface area contributed by atoms with Gasteiger partial charge in [-0.3, -0.25) is 0 Å². The quantitative estimate of drug-likeness (QED) is 0.572. The first kappa shape index (κ1) is 17.0. The van der Waals surface area contributed by atoms with Gasteiger partial charge < -0.3 is 19.7 Å². The van der Waals surface area contributed by atoms with Crippen LogP contribution in [0.5, 0.6) is 5.75 Å². The summed E-state index contributed by atoms with van der Waals surface area (Å²) in [4.78, 5) is 3.32. The Hall–Kier alpha value is -2.36. The molecule has 0 radical (unpaired) electrons. The number of hydrogen-bond donors (Lipinski definition) is 0. The lowest BCUT2D eigenvalue weighted by molar-refractivity contribution is -0.0220. The van der Waals surface area contributed by atoms with E-state index in [1.165, 1.54) is 0 Å². The molecule has 1 atom stereocenters.